The van der Waals surface area contributed by atoms with Crippen molar-refractivity contribution < 1.29 is 24.1 Å². The van der Waals surface area contributed by atoms with Gasteiger partial charge in [-0.15, -0.1) is 0 Å². The van der Waals surface area contributed by atoms with Gasteiger partial charge in [0.25, 0.3) is 5.91 Å². The predicted octanol–water partition coefficient (Wildman–Crippen LogP) is 1.82. The average molecular weight is 365 g/mol. The second-order valence-corrected chi connectivity index (χ2v) is 6.92. The molecule has 6 heteroatoms. The number of fused-ring (bicyclic) bond motifs is 2. The van der Waals surface area contributed by atoms with Crippen LogP contribution in [0.2, 0.25) is 0 Å². The highest BCUT2D eigenvalue weighted by Gasteiger charge is 2.37. The lowest BCUT2D eigenvalue weighted by Gasteiger charge is -2.21. The number of aromatic nitrogens is 2. The molecule has 1 unspecified atom stereocenters. The Morgan fingerprint density at radius 1 is 1.11 bits per heavy atom. The van der Waals surface area contributed by atoms with E-state index in [1.165, 1.54) is 4.57 Å². The summed E-state index contributed by atoms with van der Waals surface area (Å²) in [6, 6.07) is 15.1. The van der Waals surface area contributed by atoms with Crippen LogP contribution in [0.15, 0.2) is 48.5 Å². The van der Waals surface area contributed by atoms with E-state index < -0.39 is 0 Å². The summed E-state index contributed by atoms with van der Waals surface area (Å²) in [6.07, 6.45) is 0.823. The van der Waals surface area contributed by atoms with E-state index in [4.69, 9.17) is 0 Å². The zero-order valence-electron chi connectivity index (χ0n) is 15.5. The molecule has 0 saturated heterocycles. The summed E-state index contributed by atoms with van der Waals surface area (Å²) in [5.74, 6) is -0.0968. The average Bonchev–Trinajstić information content (AvgIpc) is 3.01. The highest BCUT2D eigenvalue weighted by Crippen LogP contribution is 2.32. The Labute approximate surface area is 157 Å². The van der Waals surface area contributed by atoms with Crippen molar-refractivity contribution in [3.8, 4) is 11.9 Å². The molecule has 0 spiro atoms. The van der Waals surface area contributed by atoms with Crippen LogP contribution in [0.3, 0.4) is 0 Å². The molecule has 4 rings (SSSR count). The number of carbonyl (C=O) groups excluding carboxylic acids is 1. The van der Waals surface area contributed by atoms with Crippen molar-refractivity contribution in [2.24, 2.45) is 0 Å². The molecule has 1 aromatic heterocycles. The van der Waals surface area contributed by atoms with Gasteiger partial charge < -0.3 is 15.1 Å². The van der Waals surface area contributed by atoms with Gasteiger partial charge in [0, 0.05) is 17.8 Å². The van der Waals surface area contributed by atoms with Crippen LogP contribution in [0.25, 0.3) is 10.9 Å². The van der Waals surface area contributed by atoms with Crippen molar-refractivity contribution in [1.29, 1.82) is 0 Å². The zero-order chi connectivity index (χ0) is 19.1. The highest BCUT2D eigenvalue weighted by atomic mass is 16.3. The molecule has 0 radical (unpaired) electrons. The summed E-state index contributed by atoms with van der Waals surface area (Å²) in [6.45, 7) is 4.24. The molecule has 0 aliphatic carbocycles. The molecule has 2 N–H and O–H groups in total. The molecule has 2 heterocycles. The molecule has 0 saturated carbocycles. The maximum Gasteiger partial charge on any atom is 0.632 e. The van der Waals surface area contributed by atoms with Gasteiger partial charge in [-0.05, 0) is 38.0 Å². The van der Waals surface area contributed by atoms with Gasteiger partial charge in [0.05, 0.1) is 0 Å². The third kappa shape index (κ3) is 2.68. The molecule has 1 amide bonds. The molecule has 0 bridgehead atoms. The van der Waals surface area contributed by atoms with Crippen LogP contribution in [0.5, 0.6) is 11.9 Å². The molecule has 1 atom stereocenters. The largest absolute Gasteiger partial charge is 0.632 e. The molecule has 138 valence electrons. The van der Waals surface area contributed by atoms with Crippen molar-refractivity contribution in [1.82, 2.24) is 0 Å². The first-order valence-corrected chi connectivity index (χ1v) is 9.19. The maximum absolute atomic E-state index is 13.2. The van der Waals surface area contributed by atoms with E-state index in [0.29, 0.717) is 17.4 Å². The maximum atomic E-state index is 13.2. The third-order valence-corrected chi connectivity index (χ3v) is 5.26. The highest BCUT2D eigenvalue weighted by molar-refractivity contribution is 5.95. The van der Waals surface area contributed by atoms with E-state index in [1.54, 1.807) is 21.6 Å². The van der Waals surface area contributed by atoms with Crippen LogP contribution < -0.4 is 14.0 Å². The molecule has 1 aliphatic rings. The lowest BCUT2D eigenvalue weighted by molar-refractivity contribution is -0.815. The quantitative estimate of drug-likeness (QED) is 0.696. The fourth-order valence-corrected chi connectivity index (χ4v) is 4.00. The molecule has 0 fully saturated rings. The summed E-state index contributed by atoms with van der Waals surface area (Å²) in [5, 5.41) is 21.8. The lowest BCUT2D eigenvalue weighted by atomic mass is 10.1. The van der Waals surface area contributed by atoms with E-state index in [0.717, 1.165) is 17.7 Å². The standard InChI is InChI=1S/C21H21N3O3/c1-3-22-20(26)16-9-5-7-11-18(16)23(21(22)27)13-19(25)24-14(2)12-15-8-4-6-10-17(15)24/h4-11,14H,3,12-13H2,1-2H3/p+2. The van der Waals surface area contributed by atoms with E-state index in [2.05, 4.69) is 0 Å². The molecular formula is C21H23N3O3+2. The van der Waals surface area contributed by atoms with Gasteiger partial charge in [-0.2, -0.15) is 0 Å². The van der Waals surface area contributed by atoms with Gasteiger partial charge >= 0.3 is 11.9 Å². The number of carbonyl (C=O) groups is 1. The van der Waals surface area contributed by atoms with E-state index >= 15 is 0 Å². The van der Waals surface area contributed by atoms with Crippen molar-refractivity contribution >= 4 is 22.5 Å². The Morgan fingerprint density at radius 2 is 1.81 bits per heavy atom. The molecule has 3 aromatic rings. The van der Waals surface area contributed by atoms with E-state index in [1.807, 2.05) is 50.2 Å². The van der Waals surface area contributed by atoms with Gasteiger partial charge in [-0.1, -0.05) is 39.5 Å². The number of anilines is 1. The van der Waals surface area contributed by atoms with Crippen LogP contribution in [0, 0.1) is 0 Å². The van der Waals surface area contributed by atoms with E-state index in [-0.39, 0.29) is 30.4 Å². The fraction of sp³-hybridized carbons (Fsp3) is 0.286. The van der Waals surface area contributed by atoms with Gasteiger partial charge in [0.2, 0.25) is 12.1 Å². The smallest absolute Gasteiger partial charge is 0.459 e. The van der Waals surface area contributed by atoms with Gasteiger partial charge in [0.15, 0.2) is 11.9 Å². The first-order valence-electron chi connectivity index (χ1n) is 9.19. The van der Waals surface area contributed by atoms with Gasteiger partial charge in [-0.3, -0.25) is 4.79 Å². The SMILES string of the molecule is CC[n+]1c(O)c2ccccc2[n+](CC(=O)N2c3ccccc3CC2C)c1O. The van der Waals surface area contributed by atoms with Crippen molar-refractivity contribution in [2.75, 3.05) is 4.90 Å². The van der Waals surface area contributed by atoms with Crippen molar-refractivity contribution in [3.05, 3.63) is 54.1 Å². The summed E-state index contributed by atoms with van der Waals surface area (Å²) in [7, 11) is 0. The number of aromatic hydroxyl groups is 2. The summed E-state index contributed by atoms with van der Waals surface area (Å²) >= 11 is 0. The number of amides is 1. The predicted molar refractivity (Wildman–Crippen MR) is 100 cm³/mol. The van der Waals surface area contributed by atoms with E-state index in [9.17, 15) is 15.0 Å². The second kappa shape index (κ2) is 6.54. The normalized spacial score (nSPS) is 15.9. The second-order valence-electron chi connectivity index (χ2n) is 6.92. The zero-order valence-corrected chi connectivity index (χ0v) is 15.5. The Morgan fingerprint density at radius 3 is 2.59 bits per heavy atom. The minimum absolute atomic E-state index is 0.00538. The minimum Gasteiger partial charge on any atom is -0.459 e. The number of benzene rings is 2. The topological polar surface area (TPSA) is 68.5 Å². The van der Waals surface area contributed by atoms with Crippen molar-refractivity contribution in [2.45, 2.75) is 39.4 Å². The number of para-hydroxylation sites is 2. The summed E-state index contributed by atoms with van der Waals surface area (Å²) in [4.78, 5) is 15.0. The van der Waals surface area contributed by atoms with Gasteiger partial charge in [-0.25, -0.2) is 0 Å². The molecule has 27 heavy (non-hydrogen) atoms. The first kappa shape index (κ1) is 17.3. The van der Waals surface area contributed by atoms with Crippen LogP contribution in [-0.4, -0.2) is 22.2 Å². The molecule has 2 aromatic carbocycles. The monoisotopic (exact) mass is 365 g/mol. The summed E-state index contributed by atoms with van der Waals surface area (Å²) in [5.41, 5.74) is 2.71. The molecule has 1 aliphatic heterocycles. The Bertz CT molecular complexity index is 1050. The number of hydrogen-bond acceptors (Lipinski definition) is 3. The summed E-state index contributed by atoms with van der Waals surface area (Å²) < 4.78 is 2.96. The van der Waals surface area contributed by atoms with Gasteiger partial charge in [0.1, 0.15) is 0 Å². The fourth-order valence-electron chi connectivity index (χ4n) is 4.00. The number of nitrogens with zero attached hydrogens (tertiary/aromatic N) is 3. The van der Waals surface area contributed by atoms with Crippen LogP contribution in [0.1, 0.15) is 19.4 Å². The third-order valence-electron chi connectivity index (χ3n) is 5.26. The Balaban J connectivity index is 1.79. The molecular weight excluding hydrogens is 342 g/mol. The van der Waals surface area contributed by atoms with Crippen molar-refractivity contribution in [3.63, 3.8) is 0 Å². The minimum atomic E-state index is -0.137. The number of rotatable bonds is 3. The molecule has 6 nitrogen and oxygen atoms in total. The van der Waals surface area contributed by atoms with Crippen LogP contribution >= 0.6 is 0 Å². The van der Waals surface area contributed by atoms with Crippen LogP contribution in [0.4, 0.5) is 5.69 Å². The lowest BCUT2D eigenvalue weighted by Crippen LogP contribution is -2.52. The Kier molecular flexibility index (Phi) is 4.18. The number of hydrogen-bond donors (Lipinski definition) is 2. The first-order chi connectivity index (χ1) is 13.0. The van der Waals surface area contributed by atoms with Crippen LogP contribution in [-0.2, 0) is 24.3 Å². The Hall–Kier alpha value is -3.15.